The second kappa shape index (κ2) is 7.71. The molecule has 1 aromatic rings. The van der Waals surface area contributed by atoms with Gasteiger partial charge in [-0.1, -0.05) is 0 Å². The molecule has 0 aromatic heterocycles. The smallest absolute Gasteiger partial charge is 0.305 e. The molecule has 1 heterocycles. The number of hydrogen-bond acceptors (Lipinski definition) is 5. The monoisotopic (exact) mass is 320 g/mol. The van der Waals surface area contributed by atoms with Crippen LogP contribution in [0.2, 0.25) is 0 Å². The van der Waals surface area contributed by atoms with Gasteiger partial charge in [0.25, 0.3) is 5.91 Å². The lowest BCUT2D eigenvalue weighted by Gasteiger charge is -2.34. The third-order valence-corrected chi connectivity index (χ3v) is 4.40. The highest BCUT2D eigenvalue weighted by Gasteiger charge is 2.28. The molecule has 1 aliphatic rings. The number of carbonyl (C=O) groups is 2. The molecule has 22 heavy (non-hydrogen) atoms. The van der Waals surface area contributed by atoms with Gasteiger partial charge in [-0.2, -0.15) is 17.0 Å². The van der Waals surface area contributed by atoms with Gasteiger partial charge in [-0.25, -0.2) is 0 Å². The maximum Gasteiger partial charge on any atom is 0.305 e. The number of amides is 1. The molecule has 0 saturated carbocycles. The minimum atomic E-state index is -0.904. The Labute approximate surface area is 132 Å². The van der Waals surface area contributed by atoms with E-state index in [0.29, 0.717) is 23.6 Å². The van der Waals surface area contributed by atoms with Crippen molar-refractivity contribution in [2.45, 2.75) is 12.5 Å². The van der Waals surface area contributed by atoms with Crippen LogP contribution in [0.5, 0.6) is 5.75 Å². The van der Waals surface area contributed by atoms with Gasteiger partial charge in [0, 0.05) is 18.1 Å². The molecule has 1 aliphatic heterocycles. The summed E-state index contributed by atoms with van der Waals surface area (Å²) in [5.41, 5.74) is 0.522. The second-order valence-electron chi connectivity index (χ2n) is 4.84. The Balaban J connectivity index is 1.91. The first-order valence-electron chi connectivity index (χ1n) is 6.82. The Morgan fingerprint density at radius 1 is 1.41 bits per heavy atom. The van der Waals surface area contributed by atoms with Gasteiger partial charge >= 0.3 is 5.97 Å². The molecule has 2 rings (SSSR count). The fourth-order valence-electron chi connectivity index (χ4n) is 2.21. The van der Waals surface area contributed by atoms with Gasteiger partial charge in [-0.3, -0.25) is 9.59 Å². The van der Waals surface area contributed by atoms with Crippen molar-refractivity contribution in [3.8, 4) is 11.8 Å². The molecular weight excluding hydrogens is 304 g/mol. The summed E-state index contributed by atoms with van der Waals surface area (Å²) in [4.78, 5) is 24.7. The average molecular weight is 320 g/mol. The van der Waals surface area contributed by atoms with E-state index in [0.717, 1.165) is 5.75 Å². The van der Waals surface area contributed by atoms with Gasteiger partial charge in [0.1, 0.15) is 5.75 Å². The van der Waals surface area contributed by atoms with Crippen LogP contribution in [0.15, 0.2) is 24.3 Å². The van der Waals surface area contributed by atoms with Crippen LogP contribution in [-0.4, -0.2) is 52.6 Å². The van der Waals surface area contributed by atoms with E-state index in [-0.39, 0.29) is 25.0 Å². The lowest BCUT2D eigenvalue weighted by molar-refractivity contribution is -0.141. The number of rotatable bonds is 5. The van der Waals surface area contributed by atoms with E-state index < -0.39 is 5.97 Å². The molecule has 0 radical (unpaired) electrons. The standard InChI is InChI=1S/C15H16N2O4S/c16-8-11-1-3-13(4-2-11)21-9-14(18)17-5-6-22-10-12(17)7-15(19)20/h1-4,12H,5-7,9-10H2,(H,19,20). The van der Waals surface area contributed by atoms with Crippen LogP contribution in [0.3, 0.4) is 0 Å². The summed E-state index contributed by atoms with van der Waals surface area (Å²) in [6.07, 6.45) is -0.0460. The number of thioether (sulfide) groups is 1. The number of aliphatic carboxylic acids is 1. The number of carboxylic acid groups (broad SMARTS) is 1. The number of carbonyl (C=O) groups excluding carboxylic acids is 1. The maximum atomic E-state index is 12.2. The van der Waals surface area contributed by atoms with Gasteiger partial charge < -0.3 is 14.7 Å². The third kappa shape index (κ3) is 4.40. The Morgan fingerprint density at radius 3 is 2.77 bits per heavy atom. The van der Waals surface area contributed by atoms with Crippen LogP contribution in [0.25, 0.3) is 0 Å². The fraction of sp³-hybridized carbons (Fsp3) is 0.400. The summed E-state index contributed by atoms with van der Waals surface area (Å²) in [7, 11) is 0. The van der Waals surface area contributed by atoms with Crippen LogP contribution >= 0.6 is 11.8 Å². The van der Waals surface area contributed by atoms with Crippen LogP contribution in [0.1, 0.15) is 12.0 Å². The van der Waals surface area contributed by atoms with E-state index in [9.17, 15) is 9.59 Å². The first kappa shape index (κ1) is 16.2. The van der Waals surface area contributed by atoms with E-state index in [1.54, 1.807) is 40.9 Å². The highest BCUT2D eigenvalue weighted by molar-refractivity contribution is 7.99. The molecule has 1 fully saturated rings. The van der Waals surface area contributed by atoms with Gasteiger partial charge in [-0.15, -0.1) is 0 Å². The first-order chi connectivity index (χ1) is 10.6. The van der Waals surface area contributed by atoms with Crippen LogP contribution < -0.4 is 4.74 Å². The molecule has 116 valence electrons. The molecule has 1 amide bonds. The van der Waals surface area contributed by atoms with Crippen molar-refractivity contribution >= 4 is 23.6 Å². The predicted octanol–water partition coefficient (Wildman–Crippen LogP) is 1.36. The van der Waals surface area contributed by atoms with E-state index in [2.05, 4.69) is 0 Å². The Bertz CT molecular complexity index is 582. The minimum Gasteiger partial charge on any atom is -0.484 e. The van der Waals surface area contributed by atoms with E-state index in [1.807, 2.05) is 6.07 Å². The van der Waals surface area contributed by atoms with Crippen molar-refractivity contribution in [1.82, 2.24) is 4.90 Å². The van der Waals surface area contributed by atoms with E-state index in [1.165, 1.54) is 0 Å². The summed E-state index contributed by atoms with van der Waals surface area (Å²) in [5.74, 6) is 0.830. The van der Waals surface area contributed by atoms with Crippen molar-refractivity contribution < 1.29 is 19.4 Å². The fourth-order valence-corrected chi connectivity index (χ4v) is 3.27. The number of benzene rings is 1. The summed E-state index contributed by atoms with van der Waals surface area (Å²) in [5, 5.41) is 17.6. The maximum absolute atomic E-state index is 12.2. The van der Waals surface area contributed by atoms with Crippen molar-refractivity contribution in [1.29, 1.82) is 5.26 Å². The SMILES string of the molecule is N#Cc1ccc(OCC(=O)N2CCSCC2CC(=O)O)cc1. The number of hydrogen-bond donors (Lipinski definition) is 1. The Hall–Kier alpha value is -2.20. The number of nitriles is 1. The zero-order valence-corrected chi connectivity index (χ0v) is 12.7. The van der Waals surface area contributed by atoms with Crippen LogP contribution in [0.4, 0.5) is 0 Å². The normalized spacial score (nSPS) is 17.6. The first-order valence-corrected chi connectivity index (χ1v) is 7.97. The zero-order chi connectivity index (χ0) is 15.9. The summed E-state index contributed by atoms with van der Waals surface area (Å²) < 4.78 is 5.42. The summed E-state index contributed by atoms with van der Waals surface area (Å²) in [6, 6.07) is 8.22. The van der Waals surface area contributed by atoms with Gasteiger partial charge in [0.05, 0.1) is 24.1 Å². The van der Waals surface area contributed by atoms with Crippen molar-refractivity contribution in [3.63, 3.8) is 0 Å². The molecule has 0 aliphatic carbocycles. The van der Waals surface area contributed by atoms with Crippen molar-refractivity contribution in [2.75, 3.05) is 24.7 Å². The Morgan fingerprint density at radius 2 is 2.14 bits per heavy atom. The molecule has 0 bridgehead atoms. The number of nitrogens with zero attached hydrogens (tertiary/aromatic N) is 2. The average Bonchev–Trinajstić information content (AvgIpc) is 2.53. The highest BCUT2D eigenvalue weighted by atomic mass is 32.2. The van der Waals surface area contributed by atoms with Crippen LogP contribution in [0, 0.1) is 11.3 Å². The molecule has 1 saturated heterocycles. The largest absolute Gasteiger partial charge is 0.484 e. The van der Waals surface area contributed by atoms with Crippen molar-refractivity contribution in [3.05, 3.63) is 29.8 Å². The topological polar surface area (TPSA) is 90.6 Å². The molecule has 6 nitrogen and oxygen atoms in total. The Kier molecular flexibility index (Phi) is 5.67. The second-order valence-corrected chi connectivity index (χ2v) is 5.99. The molecule has 0 spiro atoms. The minimum absolute atomic E-state index is 0.0460. The quantitative estimate of drug-likeness (QED) is 0.881. The van der Waals surface area contributed by atoms with E-state index in [4.69, 9.17) is 15.1 Å². The molecule has 1 atom stereocenters. The van der Waals surface area contributed by atoms with Crippen molar-refractivity contribution in [2.24, 2.45) is 0 Å². The molecule has 7 heteroatoms. The van der Waals surface area contributed by atoms with Gasteiger partial charge in [0.2, 0.25) is 0 Å². The van der Waals surface area contributed by atoms with Gasteiger partial charge in [-0.05, 0) is 24.3 Å². The third-order valence-electron chi connectivity index (χ3n) is 3.30. The number of ether oxygens (including phenoxy) is 1. The predicted molar refractivity (Wildman–Crippen MR) is 81.7 cm³/mol. The molecular formula is C15H16N2O4S. The summed E-state index contributed by atoms with van der Waals surface area (Å²) >= 11 is 1.66. The highest BCUT2D eigenvalue weighted by Crippen LogP contribution is 2.19. The number of carboxylic acids is 1. The molecule has 1 aromatic carbocycles. The molecule has 1 unspecified atom stereocenters. The van der Waals surface area contributed by atoms with E-state index >= 15 is 0 Å². The lowest BCUT2D eigenvalue weighted by atomic mass is 10.2. The van der Waals surface area contributed by atoms with Crippen LogP contribution in [-0.2, 0) is 9.59 Å². The lowest BCUT2D eigenvalue weighted by Crippen LogP contribution is -2.48. The molecule has 1 N–H and O–H groups in total. The van der Waals surface area contributed by atoms with Gasteiger partial charge in [0.15, 0.2) is 6.61 Å². The summed E-state index contributed by atoms with van der Waals surface area (Å²) in [6.45, 7) is 0.408. The zero-order valence-electron chi connectivity index (χ0n) is 11.9.